The fraction of sp³-hybridized carbons (Fsp3) is 0.421. The quantitative estimate of drug-likeness (QED) is 0.603. The van der Waals surface area contributed by atoms with Crippen molar-refractivity contribution >= 4 is 27.3 Å². The fourth-order valence-electron chi connectivity index (χ4n) is 2.76. The van der Waals surface area contributed by atoms with Crippen molar-refractivity contribution in [2.75, 3.05) is 32.9 Å². The molecule has 7 nitrogen and oxygen atoms in total. The highest BCUT2D eigenvalue weighted by Crippen LogP contribution is 2.25. The number of hydrogen-bond donors (Lipinski definition) is 1. The van der Waals surface area contributed by atoms with Gasteiger partial charge in [0, 0.05) is 30.5 Å². The lowest BCUT2D eigenvalue weighted by atomic mass is 10.3. The topological polar surface area (TPSA) is 84.9 Å². The number of thiophene rings is 1. The number of amides is 1. The Balaban J connectivity index is 1.40. The van der Waals surface area contributed by atoms with Gasteiger partial charge >= 0.3 is 0 Å². The van der Waals surface area contributed by atoms with Crippen molar-refractivity contribution in [3.8, 4) is 5.75 Å². The standard InChI is InChI=1S/C19H23FN2O5S2/c20-15-3-1-4-16(13-15)27-10-2-5-18(23)21-14-17-6-7-19(28-17)29(24,25)22-8-11-26-12-9-22/h1,3-4,6-7,13H,2,5,8-12,14H2,(H,21,23). The van der Waals surface area contributed by atoms with E-state index in [1.165, 1.54) is 16.4 Å². The number of rotatable bonds is 9. The Labute approximate surface area is 173 Å². The van der Waals surface area contributed by atoms with E-state index in [1.54, 1.807) is 24.3 Å². The van der Waals surface area contributed by atoms with E-state index in [2.05, 4.69) is 5.32 Å². The monoisotopic (exact) mass is 442 g/mol. The van der Waals surface area contributed by atoms with Crippen LogP contribution in [0.25, 0.3) is 0 Å². The summed E-state index contributed by atoms with van der Waals surface area (Å²) in [5.41, 5.74) is 0. The van der Waals surface area contributed by atoms with E-state index in [0.717, 1.165) is 16.2 Å². The molecule has 0 bridgehead atoms. The first-order valence-corrected chi connectivity index (χ1v) is 11.5. The van der Waals surface area contributed by atoms with Crippen molar-refractivity contribution in [2.24, 2.45) is 0 Å². The average Bonchev–Trinajstić information content (AvgIpc) is 3.20. The molecule has 1 amide bonds. The van der Waals surface area contributed by atoms with Gasteiger partial charge in [-0.2, -0.15) is 4.31 Å². The first-order valence-electron chi connectivity index (χ1n) is 9.27. The minimum atomic E-state index is -3.51. The summed E-state index contributed by atoms with van der Waals surface area (Å²) in [5, 5.41) is 2.78. The number of nitrogens with one attached hydrogen (secondary N) is 1. The second-order valence-electron chi connectivity index (χ2n) is 6.42. The summed E-state index contributed by atoms with van der Waals surface area (Å²) >= 11 is 1.16. The Morgan fingerprint density at radius 3 is 2.79 bits per heavy atom. The number of benzene rings is 1. The van der Waals surface area contributed by atoms with Crippen molar-refractivity contribution in [3.05, 3.63) is 47.1 Å². The van der Waals surface area contributed by atoms with Crippen LogP contribution in [-0.2, 0) is 26.1 Å². The first-order chi connectivity index (χ1) is 13.9. The molecule has 1 N–H and O–H groups in total. The van der Waals surface area contributed by atoms with Gasteiger partial charge in [0.25, 0.3) is 10.0 Å². The molecule has 1 aliphatic rings. The Morgan fingerprint density at radius 1 is 1.24 bits per heavy atom. The highest BCUT2D eigenvalue weighted by Gasteiger charge is 2.27. The third-order valence-corrected chi connectivity index (χ3v) is 7.73. The normalized spacial score (nSPS) is 15.2. The van der Waals surface area contributed by atoms with Crippen LogP contribution in [0.1, 0.15) is 17.7 Å². The van der Waals surface area contributed by atoms with Crippen molar-refractivity contribution in [3.63, 3.8) is 0 Å². The van der Waals surface area contributed by atoms with Crippen LogP contribution >= 0.6 is 11.3 Å². The van der Waals surface area contributed by atoms with Crippen LogP contribution in [0.15, 0.2) is 40.6 Å². The van der Waals surface area contributed by atoms with Crippen LogP contribution in [0.3, 0.4) is 0 Å². The van der Waals surface area contributed by atoms with Gasteiger partial charge in [-0.3, -0.25) is 4.79 Å². The Bertz CT molecular complexity index is 926. The third kappa shape index (κ3) is 6.23. The summed E-state index contributed by atoms with van der Waals surface area (Å²) in [6, 6.07) is 9.13. The molecule has 2 heterocycles. The molecule has 1 aromatic carbocycles. The molecule has 1 fully saturated rings. The molecule has 0 radical (unpaired) electrons. The molecule has 1 saturated heterocycles. The summed E-state index contributed by atoms with van der Waals surface area (Å²) in [6.07, 6.45) is 0.753. The molecular weight excluding hydrogens is 419 g/mol. The van der Waals surface area contributed by atoms with Gasteiger partial charge in [-0.05, 0) is 30.7 Å². The zero-order chi connectivity index (χ0) is 20.7. The number of sulfonamides is 1. The number of halogens is 1. The van der Waals surface area contributed by atoms with Crippen molar-refractivity contribution in [1.29, 1.82) is 0 Å². The minimum Gasteiger partial charge on any atom is -0.493 e. The molecule has 0 spiro atoms. The number of morpholine rings is 1. The molecule has 158 valence electrons. The first kappa shape index (κ1) is 21.7. The van der Waals surface area contributed by atoms with Crippen LogP contribution in [-0.4, -0.2) is 51.5 Å². The SMILES string of the molecule is O=C(CCCOc1cccc(F)c1)NCc1ccc(S(=O)(=O)N2CCOCC2)s1. The van der Waals surface area contributed by atoms with E-state index in [1.807, 2.05) is 0 Å². The van der Waals surface area contributed by atoms with Crippen LogP contribution in [0.4, 0.5) is 4.39 Å². The van der Waals surface area contributed by atoms with Crippen molar-refractivity contribution in [1.82, 2.24) is 9.62 Å². The maximum absolute atomic E-state index is 13.1. The average molecular weight is 443 g/mol. The highest BCUT2D eigenvalue weighted by atomic mass is 32.2. The second kappa shape index (κ2) is 10.1. The smallest absolute Gasteiger partial charge is 0.252 e. The molecule has 29 heavy (non-hydrogen) atoms. The van der Waals surface area contributed by atoms with E-state index < -0.39 is 10.0 Å². The third-order valence-electron chi connectivity index (χ3n) is 4.27. The van der Waals surface area contributed by atoms with E-state index in [-0.39, 0.29) is 28.9 Å². The predicted octanol–water partition coefficient (Wildman–Crippen LogP) is 2.38. The molecule has 2 aromatic rings. The number of carbonyl (C=O) groups is 1. The maximum Gasteiger partial charge on any atom is 0.252 e. The van der Waals surface area contributed by atoms with Gasteiger partial charge in [-0.25, -0.2) is 12.8 Å². The van der Waals surface area contributed by atoms with Crippen LogP contribution in [0.5, 0.6) is 5.75 Å². The molecular formula is C19H23FN2O5S2. The summed E-state index contributed by atoms with van der Waals surface area (Å²) in [4.78, 5) is 12.7. The molecule has 1 aliphatic heterocycles. The molecule has 10 heteroatoms. The summed E-state index contributed by atoms with van der Waals surface area (Å²) in [7, 11) is -3.51. The Kier molecular flexibility index (Phi) is 7.59. The van der Waals surface area contributed by atoms with Gasteiger partial charge in [0.15, 0.2) is 0 Å². The summed E-state index contributed by atoms with van der Waals surface area (Å²) < 4.78 is 50.6. The second-order valence-corrected chi connectivity index (χ2v) is 9.76. The van der Waals surface area contributed by atoms with Gasteiger partial charge in [0.05, 0.1) is 26.4 Å². The van der Waals surface area contributed by atoms with Gasteiger partial charge in [0.2, 0.25) is 5.91 Å². The number of nitrogens with zero attached hydrogens (tertiary/aromatic N) is 1. The number of ether oxygens (including phenoxy) is 2. The van der Waals surface area contributed by atoms with Gasteiger partial charge in [-0.15, -0.1) is 11.3 Å². The van der Waals surface area contributed by atoms with E-state index in [4.69, 9.17) is 9.47 Å². The lowest BCUT2D eigenvalue weighted by Crippen LogP contribution is -2.40. The van der Waals surface area contributed by atoms with Crippen LogP contribution < -0.4 is 10.1 Å². The van der Waals surface area contributed by atoms with Crippen molar-refractivity contribution < 1.29 is 27.1 Å². The maximum atomic E-state index is 13.1. The minimum absolute atomic E-state index is 0.154. The molecule has 0 atom stereocenters. The lowest BCUT2D eigenvalue weighted by Gasteiger charge is -2.25. The predicted molar refractivity (Wildman–Crippen MR) is 107 cm³/mol. The summed E-state index contributed by atoms with van der Waals surface area (Å²) in [6.45, 7) is 2.07. The number of carbonyl (C=O) groups excluding carboxylic acids is 1. The molecule has 0 saturated carbocycles. The van der Waals surface area contributed by atoms with Gasteiger partial charge < -0.3 is 14.8 Å². The largest absolute Gasteiger partial charge is 0.493 e. The fourth-order valence-corrected chi connectivity index (χ4v) is 5.62. The Hall–Kier alpha value is -2.01. The zero-order valence-corrected chi connectivity index (χ0v) is 17.4. The zero-order valence-electron chi connectivity index (χ0n) is 15.8. The van der Waals surface area contributed by atoms with Gasteiger partial charge in [0.1, 0.15) is 15.8 Å². The summed E-state index contributed by atoms with van der Waals surface area (Å²) in [5.74, 6) is -0.0944. The molecule has 3 rings (SSSR count). The van der Waals surface area contributed by atoms with E-state index in [9.17, 15) is 17.6 Å². The molecule has 1 aromatic heterocycles. The lowest BCUT2D eigenvalue weighted by molar-refractivity contribution is -0.121. The Morgan fingerprint density at radius 2 is 2.03 bits per heavy atom. The van der Waals surface area contributed by atoms with Crippen LogP contribution in [0.2, 0.25) is 0 Å². The molecule has 0 aliphatic carbocycles. The highest BCUT2D eigenvalue weighted by molar-refractivity contribution is 7.91. The number of hydrogen-bond acceptors (Lipinski definition) is 6. The van der Waals surface area contributed by atoms with Crippen LogP contribution in [0, 0.1) is 5.82 Å². The molecule has 0 unspecified atom stereocenters. The van der Waals surface area contributed by atoms with Crippen molar-refractivity contribution in [2.45, 2.75) is 23.6 Å². The van der Waals surface area contributed by atoms with Gasteiger partial charge in [-0.1, -0.05) is 6.07 Å². The van der Waals surface area contributed by atoms with E-state index >= 15 is 0 Å². The van der Waals surface area contributed by atoms with E-state index in [0.29, 0.717) is 45.1 Å².